The number of hydrogen-bond acceptors (Lipinski definition) is 2. The third kappa shape index (κ3) is 17.4. The zero-order chi connectivity index (χ0) is 16.0. The third-order valence-corrected chi connectivity index (χ3v) is 4.12. The molecule has 0 heterocycles. The van der Waals surface area contributed by atoms with Crippen molar-refractivity contribution < 1.29 is 15.4 Å². The molecule has 0 atom stereocenters. The van der Waals surface area contributed by atoms with Crippen molar-refractivity contribution in [1.29, 1.82) is 0 Å². The predicted molar refractivity (Wildman–Crippen MR) is 94.4 cm³/mol. The van der Waals surface area contributed by atoms with Gasteiger partial charge in [0.1, 0.15) is 0 Å². The number of aliphatic carboxylic acids is 1. The molecular formula is C18H39NO3. The minimum Gasteiger partial charge on any atom is -0.480 e. The Morgan fingerprint density at radius 1 is 0.864 bits per heavy atom. The highest BCUT2D eigenvalue weighted by molar-refractivity contribution is 5.69. The summed E-state index contributed by atoms with van der Waals surface area (Å²) in [5.74, 6) is -0.776. The first-order valence-electron chi connectivity index (χ1n) is 8.95. The Kier molecular flexibility index (Phi) is 16.4. The summed E-state index contributed by atoms with van der Waals surface area (Å²) >= 11 is 0. The fraction of sp³-hybridized carbons (Fsp3) is 0.944. The van der Waals surface area contributed by atoms with Gasteiger partial charge in [-0.15, -0.1) is 0 Å². The Hall–Kier alpha value is -0.610. The van der Waals surface area contributed by atoms with Crippen LogP contribution < -0.4 is 5.32 Å². The largest absolute Gasteiger partial charge is 0.480 e. The standard InChI is InChI=1S/C18H37NO2.H2O/c1-4-5-6-7-8-9-10-11-12-13-14-15-18(2,3)19-16-17(20)21;/h19H,4-16H2,1-3H3,(H,20,21);1H2. The van der Waals surface area contributed by atoms with E-state index in [1.807, 2.05) is 0 Å². The van der Waals surface area contributed by atoms with Crippen LogP contribution in [0.15, 0.2) is 0 Å². The van der Waals surface area contributed by atoms with E-state index >= 15 is 0 Å². The number of hydrogen-bond donors (Lipinski definition) is 2. The van der Waals surface area contributed by atoms with Gasteiger partial charge in [0.15, 0.2) is 0 Å². The van der Waals surface area contributed by atoms with Crippen LogP contribution in [0.5, 0.6) is 0 Å². The fourth-order valence-electron chi connectivity index (χ4n) is 2.63. The normalized spacial score (nSPS) is 11.2. The van der Waals surface area contributed by atoms with Crippen molar-refractivity contribution in [3.8, 4) is 0 Å². The Balaban J connectivity index is 0. The average Bonchev–Trinajstić information content (AvgIpc) is 2.43. The highest BCUT2D eigenvalue weighted by Gasteiger charge is 2.17. The van der Waals surface area contributed by atoms with Crippen LogP contribution in [0.1, 0.15) is 97.8 Å². The van der Waals surface area contributed by atoms with E-state index in [0.29, 0.717) is 0 Å². The first-order chi connectivity index (χ1) is 9.98. The Labute approximate surface area is 137 Å². The van der Waals surface area contributed by atoms with E-state index in [1.165, 1.54) is 70.6 Å². The van der Waals surface area contributed by atoms with Crippen LogP contribution in [-0.4, -0.2) is 28.6 Å². The topological polar surface area (TPSA) is 80.8 Å². The Morgan fingerprint density at radius 2 is 1.27 bits per heavy atom. The molecule has 0 saturated carbocycles. The summed E-state index contributed by atoms with van der Waals surface area (Å²) in [5, 5.41) is 11.8. The van der Waals surface area contributed by atoms with Crippen LogP contribution in [0.25, 0.3) is 0 Å². The molecule has 0 spiro atoms. The van der Waals surface area contributed by atoms with E-state index in [0.717, 1.165) is 6.42 Å². The van der Waals surface area contributed by atoms with Gasteiger partial charge in [-0.1, -0.05) is 77.6 Å². The van der Waals surface area contributed by atoms with Gasteiger partial charge in [0.2, 0.25) is 0 Å². The molecular weight excluding hydrogens is 278 g/mol. The lowest BCUT2D eigenvalue weighted by atomic mass is 9.96. The van der Waals surface area contributed by atoms with Crippen LogP contribution in [0.4, 0.5) is 0 Å². The van der Waals surface area contributed by atoms with Crippen molar-refractivity contribution in [2.75, 3.05) is 6.54 Å². The first-order valence-corrected chi connectivity index (χ1v) is 8.95. The van der Waals surface area contributed by atoms with Gasteiger partial charge >= 0.3 is 5.97 Å². The predicted octanol–water partition coefficient (Wildman–Crippen LogP) is 4.32. The summed E-state index contributed by atoms with van der Waals surface area (Å²) in [6.45, 7) is 6.50. The zero-order valence-corrected chi connectivity index (χ0v) is 15.0. The molecule has 0 aromatic rings. The van der Waals surface area contributed by atoms with Crippen molar-refractivity contribution in [3.63, 3.8) is 0 Å². The molecule has 0 fully saturated rings. The quantitative estimate of drug-likeness (QED) is 0.441. The highest BCUT2D eigenvalue weighted by Crippen LogP contribution is 2.16. The molecule has 0 aromatic carbocycles. The van der Waals surface area contributed by atoms with Gasteiger partial charge in [-0.2, -0.15) is 0 Å². The van der Waals surface area contributed by atoms with Gasteiger partial charge in [-0.25, -0.2) is 0 Å². The summed E-state index contributed by atoms with van der Waals surface area (Å²) < 4.78 is 0. The smallest absolute Gasteiger partial charge is 0.317 e. The van der Waals surface area contributed by atoms with Crippen LogP contribution in [0.2, 0.25) is 0 Å². The van der Waals surface area contributed by atoms with Crippen LogP contribution in [0, 0.1) is 0 Å². The lowest BCUT2D eigenvalue weighted by Crippen LogP contribution is -2.42. The van der Waals surface area contributed by atoms with Crippen molar-refractivity contribution in [2.45, 2.75) is 103 Å². The first kappa shape index (κ1) is 23.7. The molecule has 0 amide bonds. The highest BCUT2D eigenvalue weighted by atomic mass is 16.4. The number of nitrogens with one attached hydrogen (secondary N) is 1. The number of rotatable bonds is 15. The molecule has 4 N–H and O–H groups in total. The van der Waals surface area contributed by atoms with E-state index in [9.17, 15) is 4.79 Å². The number of carboxylic acid groups (broad SMARTS) is 1. The lowest BCUT2D eigenvalue weighted by Gasteiger charge is -2.25. The average molecular weight is 318 g/mol. The van der Waals surface area contributed by atoms with Gasteiger partial charge < -0.3 is 15.9 Å². The minimum absolute atomic E-state index is 0. The fourth-order valence-corrected chi connectivity index (χ4v) is 2.63. The van der Waals surface area contributed by atoms with Gasteiger partial charge in [0.25, 0.3) is 0 Å². The van der Waals surface area contributed by atoms with Crippen molar-refractivity contribution in [1.82, 2.24) is 5.32 Å². The van der Waals surface area contributed by atoms with E-state index < -0.39 is 5.97 Å². The number of carboxylic acids is 1. The molecule has 4 nitrogen and oxygen atoms in total. The molecule has 0 saturated heterocycles. The molecule has 0 aliphatic rings. The second-order valence-corrected chi connectivity index (χ2v) is 6.92. The number of unbranched alkanes of at least 4 members (excludes halogenated alkanes) is 10. The maximum absolute atomic E-state index is 10.5. The van der Waals surface area contributed by atoms with Crippen molar-refractivity contribution in [3.05, 3.63) is 0 Å². The summed E-state index contributed by atoms with van der Waals surface area (Å²) in [5.41, 5.74) is -0.0579. The lowest BCUT2D eigenvalue weighted by molar-refractivity contribution is -0.136. The molecule has 22 heavy (non-hydrogen) atoms. The molecule has 0 radical (unpaired) electrons. The van der Waals surface area contributed by atoms with Crippen LogP contribution >= 0.6 is 0 Å². The summed E-state index contributed by atoms with van der Waals surface area (Å²) in [7, 11) is 0. The van der Waals surface area contributed by atoms with Crippen LogP contribution in [0.3, 0.4) is 0 Å². The maximum Gasteiger partial charge on any atom is 0.317 e. The molecule has 0 unspecified atom stereocenters. The molecule has 0 aliphatic carbocycles. The molecule has 0 bridgehead atoms. The Morgan fingerprint density at radius 3 is 1.68 bits per heavy atom. The zero-order valence-electron chi connectivity index (χ0n) is 15.0. The van der Waals surface area contributed by atoms with Crippen molar-refractivity contribution in [2.24, 2.45) is 0 Å². The molecule has 0 aliphatic heterocycles. The SMILES string of the molecule is CCCCCCCCCCCCCC(C)(C)NCC(=O)O.O. The summed E-state index contributed by atoms with van der Waals surface area (Å²) in [4.78, 5) is 10.5. The maximum atomic E-state index is 10.5. The van der Waals surface area contributed by atoms with Crippen molar-refractivity contribution >= 4 is 5.97 Å². The van der Waals surface area contributed by atoms with E-state index in [-0.39, 0.29) is 17.6 Å². The molecule has 4 heteroatoms. The van der Waals surface area contributed by atoms with E-state index in [1.54, 1.807) is 0 Å². The van der Waals surface area contributed by atoms with Gasteiger partial charge in [-0.05, 0) is 20.3 Å². The second kappa shape index (κ2) is 15.3. The second-order valence-electron chi connectivity index (χ2n) is 6.92. The van der Waals surface area contributed by atoms with E-state index in [2.05, 4.69) is 26.1 Å². The summed E-state index contributed by atoms with van der Waals surface area (Å²) in [6.07, 6.45) is 15.9. The van der Waals surface area contributed by atoms with Gasteiger partial charge in [-0.3, -0.25) is 4.79 Å². The van der Waals surface area contributed by atoms with Crippen LogP contribution in [-0.2, 0) is 4.79 Å². The van der Waals surface area contributed by atoms with Gasteiger partial charge in [0.05, 0.1) is 6.54 Å². The molecule has 0 rings (SSSR count). The molecule has 0 aromatic heterocycles. The Bertz CT molecular complexity index is 255. The monoisotopic (exact) mass is 317 g/mol. The third-order valence-electron chi connectivity index (χ3n) is 4.12. The van der Waals surface area contributed by atoms with Gasteiger partial charge in [0, 0.05) is 5.54 Å². The number of carbonyl (C=O) groups is 1. The summed E-state index contributed by atoms with van der Waals surface area (Å²) in [6, 6.07) is 0. The minimum atomic E-state index is -0.776. The van der Waals surface area contributed by atoms with E-state index in [4.69, 9.17) is 5.11 Å². The molecule has 134 valence electrons.